The highest BCUT2D eigenvalue weighted by Gasteiger charge is 2.33. The smallest absolute Gasteiger partial charge is 0.354 e. The fourth-order valence-corrected chi connectivity index (χ4v) is 3.14. The van der Waals surface area contributed by atoms with Crippen LogP contribution in [0.25, 0.3) is 0 Å². The van der Waals surface area contributed by atoms with Crippen molar-refractivity contribution in [3.05, 3.63) is 18.0 Å². The molecule has 1 saturated carbocycles. The molecule has 1 aromatic rings. The second-order valence-corrected chi connectivity index (χ2v) is 6.48. The van der Waals surface area contributed by atoms with E-state index in [-0.39, 0.29) is 30.4 Å². The van der Waals surface area contributed by atoms with Gasteiger partial charge in [0.15, 0.2) is 0 Å². The molecule has 25 heavy (non-hydrogen) atoms. The van der Waals surface area contributed by atoms with E-state index in [4.69, 9.17) is 5.73 Å². The van der Waals surface area contributed by atoms with Crippen molar-refractivity contribution in [2.24, 2.45) is 11.1 Å². The highest BCUT2D eigenvalue weighted by Crippen LogP contribution is 2.38. The topological polar surface area (TPSA) is 92.9 Å². The van der Waals surface area contributed by atoms with Gasteiger partial charge in [0.25, 0.3) is 0 Å². The molecule has 6 nitrogen and oxygen atoms in total. The summed E-state index contributed by atoms with van der Waals surface area (Å²) in [5, 5.41) is 5.45. The third kappa shape index (κ3) is 5.84. The Balaban J connectivity index is 1.74. The maximum absolute atomic E-state index is 12.6. The maximum atomic E-state index is 12.6. The molecule has 4 N–H and O–H groups in total. The lowest BCUT2D eigenvalue weighted by Gasteiger charge is -2.35. The van der Waals surface area contributed by atoms with Crippen LogP contribution in [0.1, 0.15) is 44.2 Å². The summed E-state index contributed by atoms with van der Waals surface area (Å²) in [4.78, 5) is 19.2. The van der Waals surface area contributed by atoms with Gasteiger partial charge in [0, 0.05) is 25.7 Å². The van der Waals surface area contributed by atoms with Crippen LogP contribution in [-0.2, 0) is 11.0 Å². The first kappa shape index (κ1) is 19.4. The van der Waals surface area contributed by atoms with Crippen molar-refractivity contribution in [2.45, 2.75) is 44.7 Å². The molecular formula is C16H24F3N5O. The second kappa shape index (κ2) is 8.46. The van der Waals surface area contributed by atoms with Crippen molar-refractivity contribution in [2.75, 3.05) is 25.0 Å². The van der Waals surface area contributed by atoms with Crippen LogP contribution in [0.4, 0.5) is 19.1 Å². The lowest BCUT2D eigenvalue weighted by atomic mass is 9.71. The SMILES string of the molecule is NCC1(CC(=O)NCCNc2nccc(C(F)(F)F)n2)CCCCC1. The minimum absolute atomic E-state index is 0.0842. The molecule has 2 rings (SSSR count). The number of alkyl halides is 3. The highest BCUT2D eigenvalue weighted by atomic mass is 19.4. The zero-order valence-electron chi connectivity index (χ0n) is 14.0. The average molecular weight is 359 g/mol. The van der Waals surface area contributed by atoms with Crippen molar-refractivity contribution < 1.29 is 18.0 Å². The number of anilines is 1. The number of amides is 1. The van der Waals surface area contributed by atoms with E-state index in [1.165, 1.54) is 6.42 Å². The Labute approximate surface area is 144 Å². The van der Waals surface area contributed by atoms with Gasteiger partial charge in [0.1, 0.15) is 5.69 Å². The number of nitrogens with two attached hydrogens (primary N) is 1. The van der Waals surface area contributed by atoms with Crippen molar-refractivity contribution >= 4 is 11.9 Å². The van der Waals surface area contributed by atoms with Gasteiger partial charge in [-0.15, -0.1) is 0 Å². The predicted octanol–water partition coefficient (Wildman–Crippen LogP) is 2.32. The normalized spacial score (nSPS) is 17.1. The summed E-state index contributed by atoms with van der Waals surface area (Å²) >= 11 is 0. The van der Waals surface area contributed by atoms with Crippen LogP contribution in [-0.4, -0.2) is 35.5 Å². The first-order chi connectivity index (χ1) is 11.8. The fourth-order valence-electron chi connectivity index (χ4n) is 3.14. The molecule has 1 aliphatic rings. The Morgan fingerprint density at radius 3 is 2.60 bits per heavy atom. The Hall–Kier alpha value is -1.90. The molecule has 0 bridgehead atoms. The molecule has 1 fully saturated rings. The first-order valence-electron chi connectivity index (χ1n) is 8.46. The summed E-state index contributed by atoms with van der Waals surface area (Å²) in [6, 6.07) is 0.809. The van der Waals surface area contributed by atoms with Gasteiger partial charge >= 0.3 is 6.18 Å². The summed E-state index contributed by atoms with van der Waals surface area (Å²) in [5.41, 5.74) is 4.75. The minimum atomic E-state index is -4.51. The van der Waals surface area contributed by atoms with E-state index in [1.54, 1.807) is 0 Å². The van der Waals surface area contributed by atoms with Crippen LogP contribution in [0.5, 0.6) is 0 Å². The summed E-state index contributed by atoms with van der Waals surface area (Å²) in [6.07, 6.45) is 2.24. The summed E-state index contributed by atoms with van der Waals surface area (Å²) < 4.78 is 37.7. The third-order valence-corrected chi connectivity index (χ3v) is 4.56. The van der Waals surface area contributed by atoms with Crippen molar-refractivity contribution in [1.82, 2.24) is 15.3 Å². The number of carbonyl (C=O) groups excluding carboxylic acids is 1. The Morgan fingerprint density at radius 1 is 1.24 bits per heavy atom. The molecule has 0 aromatic carbocycles. The molecule has 0 atom stereocenters. The largest absolute Gasteiger partial charge is 0.433 e. The molecule has 0 aliphatic heterocycles. The van der Waals surface area contributed by atoms with E-state index < -0.39 is 11.9 Å². The van der Waals surface area contributed by atoms with Crippen LogP contribution >= 0.6 is 0 Å². The van der Waals surface area contributed by atoms with E-state index in [0.717, 1.165) is 37.9 Å². The lowest BCUT2D eigenvalue weighted by molar-refractivity contribution is -0.141. The quantitative estimate of drug-likeness (QED) is 0.650. The number of aromatic nitrogens is 2. The third-order valence-electron chi connectivity index (χ3n) is 4.56. The highest BCUT2D eigenvalue weighted by molar-refractivity contribution is 5.76. The van der Waals surface area contributed by atoms with Crippen molar-refractivity contribution in [3.63, 3.8) is 0 Å². The molecule has 1 amide bonds. The van der Waals surface area contributed by atoms with Crippen LogP contribution in [0.3, 0.4) is 0 Å². The Kier molecular flexibility index (Phi) is 6.57. The summed E-state index contributed by atoms with van der Waals surface area (Å²) in [7, 11) is 0. The molecule has 9 heteroatoms. The lowest BCUT2D eigenvalue weighted by Crippen LogP contribution is -2.39. The standard InChI is InChI=1S/C16H24F3N5O/c17-16(18,19)12-4-7-22-14(24-12)23-9-8-21-13(25)10-15(11-20)5-2-1-3-6-15/h4,7H,1-3,5-6,8-11,20H2,(H,21,25)(H,22,23,24). The van der Waals surface area contributed by atoms with Crippen molar-refractivity contribution in [3.8, 4) is 0 Å². The first-order valence-corrected chi connectivity index (χ1v) is 8.46. The monoisotopic (exact) mass is 359 g/mol. The van der Waals surface area contributed by atoms with Gasteiger partial charge in [-0.3, -0.25) is 4.79 Å². The molecule has 0 spiro atoms. The van der Waals surface area contributed by atoms with Crippen molar-refractivity contribution in [1.29, 1.82) is 0 Å². The van der Waals surface area contributed by atoms with Crippen LogP contribution in [0, 0.1) is 5.41 Å². The number of halogens is 3. The van der Waals surface area contributed by atoms with Gasteiger partial charge in [-0.05, 0) is 30.9 Å². The second-order valence-electron chi connectivity index (χ2n) is 6.48. The minimum Gasteiger partial charge on any atom is -0.354 e. The molecule has 0 unspecified atom stereocenters. The van der Waals surface area contributed by atoms with Gasteiger partial charge in [0.2, 0.25) is 11.9 Å². The number of rotatable bonds is 7. The fraction of sp³-hybridized carbons (Fsp3) is 0.688. The maximum Gasteiger partial charge on any atom is 0.433 e. The van der Waals surface area contributed by atoms with Gasteiger partial charge in [-0.2, -0.15) is 13.2 Å². The van der Waals surface area contributed by atoms with Gasteiger partial charge in [-0.1, -0.05) is 19.3 Å². The average Bonchev–Trinajstić information content (AvgIpc) is 2.59. The summed E-state index contributed by atoms with van der Waals surface area (Å²) in [6.45, 7) is 1.01. The Morgan fingerprint density at radius 2 is 1.96 bits per heavy atom. The van der Waals surface area contributed by atoms with Gasteiger partial charge in [-0.25, -0.2) is 9.97 Å². The molecule has 1 aromatic heterocycles. The zero-order valence-corrected chi connectivity index (χ0v) is 14.0. The number of carbonyl (C=O) groups is 1. The van der Waals surface area contributed by atoms with E-state index in [2.05, 4.69) is 20.6 Å². The van der Waals surface area contributed by atoms with E-state index in [0.29, 0.717) is 13.0 Å². The molecule has 1 heterocycles. The molecule has 1 aliphatic carbocycles. The number of nitrogens with zero attached hydrogens (tertiary/aromatic N) is 2. The van der Waals surface area contributed by atoms with E-state index in [9.17, 15) is 18.0 Å². The van der Waals surface area contributed by atoms with Gasteiger partial charge in [0.05, 0.1) is 0 Å². The zero-order chi connectivity index (χ0) is 18.3. The molecule has 140 valence electrons. The van der Waals surface area contributed by atoms with Gasteiger partial charge < -0.3 is 16.4 Å². The number of nitrogens with one attached hydrogen (secondary N) is 2. The molecule has 0 radical (unpaired) electrons. The summed E-state index contributed by atoms with van der Waals surface area (Å²) in [5.74, 6) is -0.200. The predicted molar refractivity (Wildman–Crippen MR) is 87.7 cm³/mol. The number of hydrogen-bond acceptors (Lipinski definition) is 5. The molecular weight excluding hydrogens is 335 g/mol. The molecule has 0 saturated heterocycles. The Bertz CT molecular complexity index is 573. The van der Waals surface area contributed by atoms with Crippen LogP contribution in [0.2, 0.25) is 0 Å². The van der Waals surface area contributed by atoms with Crippen LogP contribution < -0.4 is 16.4 Å². The van der Waals surface area contributed by atoms with Crippen LogP contribution in [0.15, 0.2) is 12.3 Å². The van der Waals surface area contributed by atoms with E-state index >= 15 is 0 Å². The number of hydrogen-bond donors (Lipinski definition) is 3. The van der Waals surface area contributed by atoms with E-state index in [1.807, 2.05) is 0 Å².